The van der Waals surface area contributed by atoms with Gasteiger partial charge in [0.25, 0.3) is 0 Å². The second kappa shape index (κ2) is 10.1. The molecule has 1 saturated heterocycles. The minimum Gasteiger partial charge on any atom is -0.381 e. The smallest absolute Gasteiger partial charge is 0.244 e. The third-order valence-electron chi connectivity index (χ3n) is 5.18. The van der Waals surface area contributed by atoms with E-state index in [0.717, 1.165) is 24.5 Å². The molecule has 0 bridgehead atoms. The van der Waals surface area contributed by atoms with Crippen LogP contribution in [0.2, 0.25) is 0 Å². The number of rotatable bonds is 8. The third kappa shape index (κ3) is 5.87. The van der Waals surface area contributed by atoms with Crippen LogP contribution < -0.4 is 4.72 Å². The molecule has 3 rings (SSSR count). The van der Waals surface area contributed by atoms with E-state index in [2.05, 4.69) is 4.72 Å². The van der Waals surface area contributed by atoms with Crippen molar-refractivity contribution in [3.05, 3.63) is 66.0 Å². The molecule has 8 heteroatoms. The van der Waals surface area contributed by atoms with Gasteiger partial charge in [-0.05, 0) is 43.4 Å². The molecule has 0 radical (unpaired) electrons. The fourth-order valence-corrected chi connectivity index (χ4v) is 4.84. The summed E-state index contributed by atoms with van der Waals surface area (Å²) in [5.74, 6) is -0.903. The van der Waals surface area contributed by atoms with Crippen molar-refractivity contribution >= 4 is 15.9 Å². The van der Waals surface area contributed by atoms with Crippen molar-refractivity contribution in [2.45, 2.75) is 37.2 Å². The maximum Gasteiger partial charge on any atom is 0.244 e. The lowest BCUT2D eigenvalue weighted by Gasteiger charge is -2.32. The summed E-state index contributed by atoms with van der Waals surface area (Å²) in [6.07, 6.45) is 1.71. The van der Waals surface area contributed by atoms with Crippen LogP contribution in [0.3, 0.4) is 0 Å². The van der Waals surface area contributed by atoms with Gasteiger partial charge in [0.05, 0.1) is 6.04 Å². The van der Waals surface area contributed by atoms with Crippen molar-refractivity contribution in [3.8, 4) is 0 Å². The van der Waals surface area contributed by atoms with E-state index in [4.69, 9.17) is 4.74 Å². The van der Waals surface area contributed by atoms with Crippen LogP contribution in [0.25, 0.3) is 0 Å². The van der Waals surface area contributed by atoms with Crippen molar-refractivity contribution < 1.29 is 22.3 Å². The highest BCUT2D eigenvalue weighted by Gasteiger charge is 2.29. The number of ether oxygens (including phenoxy) is 1. The molecule has 0 unspecified atom stereocenters. The molecular formula is C22H27FN2O4S. The number of carbonyl (C=O) groups is 1. The molecule has 0 aliphatic carbocycles. The first-order chi connectivity index (χ1) is 14.4. The van der Waals surface area contributed by atoms with Gasteiger partial charge in [-0.3, -0.25) is 4.79 Å². The van der Waals surface area contributed by atoms with Gasteiger partial charge in [-0.2, -0.15) is 4.72 Å². The molecule has 0 saturated carbocycles. The lowest BCUT2D eigenvalue weighted by atomic mass is 9.99. The summed E-state index contributed by atoms with van der Waals surface area (Å²) in [4.78, 5) is 14.4. The number of sulfonamides is 1. The van der Waals surface area contributed by atoms with E-state index in [1.807, 2.05) is 30.3 Å². The number of halogens is 1. The minimum absolute atomic E-state index is 0.293. The predicted octanol–water partition coefficient (Wildman–Crippen LogP) is 2.95. The van der Waals surface area contributed by atoms with Gasteiger partial charge in [-0.15, -0.1) is 0 Å². The first-order valence-electron chi connectivity index (χ1n) is 10.0. The van der Waals surface area contributed by atoms with E-state index in [0.29, 0.717) is 32.2 Å². The summed E-state index contributed by atoms with van der Waals surface area (Å²) in [7, 11) is -4.17. The molecule has 1 aliphatic rings. The quantitative estimate of drug-likeness (QED) is 0.693. The van der Waals surface area contributed by atoms with E-state index >= 15 is 0 Å². The number of hydrogen-bond donors (Lipinski definition) is 1. The van der Waals surface area contributed by atoms with E-state index in [-0.39, 0.29) is 5.91 Å². The first-order valence-corrected chi connectivity index (χ1v) is 11.5. The molecule has 2 aromatic rings. The largest absolute Gasteiger partial charge is 0.381 e. The second-order valence-electron chi connectivity index (χ2n) is 7.53. The average molecular weight is 435 g/mol. The number of nitrogens with zero attached hydrogens (tertiary/aromatic N) is 1. The van der Waals surface area contributed by atoms with E-state index < -0.39 is 26.8 Å². The Balaban J connectivity index is 1.75. The van der Waals surface area contributed by atoms with Gasteiger partial charge in [0.1, 0.15) is 10.7 Å². The Bertz CT molecular complexity index is 947. The van der Waals surface area contributed by atoms with Gasteiger partial charge >= 0.3 is 0 Å². The normalized spacial score (nSPS) is 16.2. The molecule has 1 aliphatic heterocycles. The van der Waals surface area contributed by atoms with Gasteiger partial charge < -0.3 is 9.64 Å². The average Bonchev–Trinajstić information content (AvgIpc) is 2.74. The highest BCUT2D eigenvalue weighted by atomic mass is 32.2. The Labute approximate surface area is 177 Å². The van der Waals surface area contributed by atoms with Gasteiger partial charge in [-0.1, -0.05) is 42.5 Å². The van der Waals surface area contributed by atoms with Crippen LogP contribution in [-0.4, -0.2) is 45.0 Å². The molecule has 0 aromatic heterocycles. The van der Waals surface area contributed by atoms with Crippen LogP contribution in [0.4, 0.5) is 4.39 Å². The lowest BCUT2D eigenvalue weighted by molar-refractivity contribution is -0.134. The molecule has 1 N–H and O–H groups in total. The fraction of sp³-hybridized carbons (Fsp3) is 0.409. The van der Waals surface area contributed by atoms with Crippen LogP contribution >= 0.6 is 0 Å². The van der Waals surface area contributed by atoms with Crippen molar-refractivity contribution in [3.63, 3.8) is 0 Å². The van der Waals surface area contributed by atoms with Crippen LogP contribution in [0.1, 0.15) is 25.3 Å². The first kappa shape index (κ1) is 22.4. The number of carbonyl (C=O) groups excluding carboxylic acids is 1. The summed E-state index contributed by atoms with van der Waals surface area (Å²) in [5, 5.41) is 0. The molecule has 1 fully saturated rings. The van der Waals surface area contributed by atoms with Crippen LogP contribution in [0, 0.1) is 11.7 Å². The maximum atomic E-state index is 14.0. The Kier molecular flexibility index (Phi) is 7.58. The number of benzene rings is 2. The molecule has 2 aromatic carbocycles. The third-order valence-corrected chi connectivity index (χ3v) is 6.75. The molecule has 1 heterocycles. The minimum atomic E-state index is -4.17. The van der Waals surface area contributed by atoms with Crippen molar-refractivity contribution in [1.82, 2.24) is 9.62 Å². The molecule has 162 valence electrons. The molecule has 1 atom stereocenters. The van der Waals surface area contributed by atoms with E-state index in [9.17, 15) is 17.6 Å². The topological polar surface area (TPSA) is 75.7 Å². The van der Waals surface area contributed by atoms with Gasteiger partial charge in [0.2, 0.25) is 15.9 Å². The molecule has 1 amide bonds. The number of hydrogen-bond acceptors (Lipinski definition) is 4. The van der Waals surface area contributed by atoms with Crippen molar-refractivity contribution in [2.75, 3.05) is 19.8 Å². The summed E-state index contributed by atoms with van der Waals surface area (Å²) >= 11 is 0. The Hall–Kier alpha value is -2.29. The van der Waals surface area contributed by atoms with Gasteiger partial charge in [0, 0.05) is 26.3 Å². The van der Waals surface area contributed by atoms with Crippen LogP contribution in [-0.2, 0) is 26.1 Å². The number of nitrogens with one attached hydrogen (secondary N) is 1. The summed E-state index contributed by atoms with van der Waals surface area (Å²) in [6.45, 7) is 3.70. The molecule has 30 heavy (non-hydrogen) atoms. The zero-order chi connectivity index (χ0) is 21.6. The Morgan fingerprint density at radius 3 is 2.43 bits per heavy atom. The zero-order valence-corrected chi connectivity index (χ0v) is 17.8. The van der Waals surface area contributed by atoms with Crippen LogP contribution in [0.15, 0.2) is 59.5 Å². The molecule has 0 spiro atoms. The van der Waals surface area contributed by atoms with Crippen LogP contribution in [0.5, 0.6) is 0 Å². The maximum absolute atomic E-state index is 14.0. The lowest BCUT2D eigenvalue weighted by Crippen LogP contribution is -2.48. The fourth-order valence-electron chi connectivity index (χ4n) is 3.56. The monoisotopic (exact) mass is 434 g/mol. The summed E-state index contributed by atoms with van der Waals surface area (Å²) in [5.41, 5.74) is 0.960. The molecule has 6 nitrogen and oxygen atoms in total. The summed E-state index contributed by atoms with van der Waals surface area (Å²) in [6, 6.07) is 13.6. The van der Waals surface area contributed by atoms with Gasteiger partial charge in [0.15, 0.2) is 0 Å². The molecular weight excluding hydrogens is 407 g/mol. The number of amides is 1. The highest BCUT2D eigenvalue weighted by molar-refractivity contribution is 7.89. The Morgan fingerprint density at radius 2 is 1.77 bits per heavy atom. The van der Waals surface area contributed by atoms with E-state index in [1.54, 1.807) is 4.90 Å². The Morgan fingerprint density at radius 1 is 1.13 bits per heavy atom. The highest BCUT2D eigenvalue weighted by Crippen LogP contribution is 2.19. The van der Waals surface area contributed by atoms with Crippen molar-refractivity contribution in [2.24, 2.45) is 5.92 Å². The van der Waals surface area contributed by atoms with Crippen molar-refractivity contribution in [1.29, 1.82) is 0 Å². The van der Waals surface area contributed by atoms with Gasteiger partial charge in [-0.25, -0.2) is 12.8 Å². The second-order valence-corrected chi connectivity index (χ2v) is 9.22. The summed E-state index contributed by atoms with van der Waals surface area (Å²) < 4.78 is 46.9. The zero-order valence-electron chi connectivity index (χ0n) is 17.0. The predicted molar refractivity (Wildman–Crippen MR) is 112 cm³/mol. The standard InChI is InChI=1S/C22H27FN2O4S/c1-17(24-30(27,28)21-10-6-5-9-20(21)23)22(26)25(15-18-7-3-2-4-8-18)16-19-11-13-29-14-12-19/h2-10,17,19,24H,11-16H2,1H3/t17-/m0/s1. The van der Waals surface area contributed by atoms with E-state index in [1.165, 1.54) is 25.1 Å². The SMILES string of the molecule is C[C@H](NS(=O)(=O)c1ccccc1F)C(=O)N(Cc1ccccc1)CC1CCOCC1.